The molecule has 11 heteroatoms. The first kappa shape index (κ1) is 24.8. The minimum absolute atomic E-state index is 0.284. The minimum Gasteiger partial charge on any atom is -0.369 e. The van der Waals surface area contributed by atoms with E-state index in [0.29, 0.717) is 41.4 Å². The fourth-order valence-corrected chi connectivity index (χ4v) is 2.67. The van der Waals surface area contributed by atoms with Crippen molar-refractivity contribution in [2.45, 2.75) is 20.3 Å². The summed E-state index contributed by atoms with van der Waals surface area (Å²) in [6, 6.07) is 7.06. The molecule has 1 heterocycles. The first-order chi connectivity index (χ1) is 15.1. The maximum atomic E-state index is 12.0. The molecule has 1 aromatic heterocycles. The highest BCUT2D eigenvalue weighted by molar-refractivity contribution is 9.10. The molecule has 0 radical (unpaired) electrons. The first-order valence-corrected chi connectivity index (χ1v) is 10.6. The summed E-state index contributed by atoms with van der Waals surface area (Å²) in [5, 5.41) is 11.6. The molecule has 0 aliphatic rings. The van der Waals surface area contributed by atoms with E-state index < -0.39 is 17.2 Å². The van der Waals surface area contributed by atoms with Gasteiger partial charge in [0.2, 0.25) is 23.7 Å². The van der Waals surface area contributed by atoms with Gasteiger partial charge in [-0.3, -0.25) is 14.4 Å². The number of nitrogens with one attached hydrogen (secondary N) is 4. The van der Waals surface area contributed by atoms with Crippen LogP contribution in [-0.2, 0) is 14.4 Å². The summed E-state index contributed by atoms with van der Waals surface area (Å²) in [5.74, 6) is -0.394. The highest BCUT2D eigenvalue weighted by Crippen LogP contribution is 2.22. The smallest absolute Gasteiger partial charge is 0.247 e. The van der Waals surface area contributed by atoms with Gasteiger partial charge in [-0.15, -0.1) is 0 Å². The van der Waals surface area contributed by atoms with Gasteiger partial charge in [-0.05, 0) is 66.5 Å². The third-order valence-electron chi connectivity index (χ3n) is 4.45. The van der Waals surface area contributed by atoms with Crippen molar-refractivity contribution in [1.29, 1.82) is 0 Å². The summed E-state index contributed by atoms with van der Waals surface area (Å²) in [4.78, 5) is 43.3. The van der Waals surface area contributed by atoms with Crippen molar-refractivity contribution in [1.82, 2.24) is 15.3 Å². The van der Waals surface area contributed by atoms with Crippen LogP contribution in [0.5, 0.6) is 0 Å². The number of carbonyl (C=O) groups is 3. The van der Waals surface area contributed by atoms with Gasteiger partial charge in [-0.2, -0.15) is 4.98 Å². The fraction of sp³-hybridized carbons (Fsp3) is 0.286. The molecule has 0 saturated carbocycles. The third kappa shape index (κ3) is 7.05. The molecule has 10 nitrogen and oxygen atoms in total. The number of nitrogens with zero attached hydrogens (tertiary/aromatic N) is 2. The van der Waals surface area contributed by atoms with Gasteiger partial charge in [-0.25, -0.2) is 4.98 Å². The monoisotopic (exact) mass is 503 g/mol. The molecule has 2 rings (SSSR count). The Morgan fingerprint density at radius 2 is 1.81 bits per heavy atom. The predicted octanol–water partition coefficient (Wildman–Crippen LogP) is 2.54. The molecule has 3 amide bonds. The highest BCUT2D eigenvalue weighted by Gasteiger charge is 2.33. The number of anilines is 4. The number of nitrogens with two attached hydrogens (primary N) is 1. The maximum Gasteiger partial charge on any atom is 0.247 e. The number of hydrogen-bond donors (Lipinski definition) is 5. The van der Waals surface area contributed by atoms with Gasteiger partial charge >= 0.3 is 0 Å². The zero-order chi connectivity index (χ0) is 23.7. The van der Waals surface area contributed by atoms with Gasteiger partial charge in [0.15, 0.2) is 0 Å². The Hall–Kier alpha value is -3.47. The summed E-state index contributed by atoms with van der Waals surface area (Å²) in [5.41, 5.74) is 5.38. The Balaban J connectivity index is 1.87. The Bertz CT molecular complexity index is 993. The van der Waals surface area contributed by atoms with Gasteiger partial charge in [0, 0.05) is 30.7 Å². The fourth-order valence-electron chi connectivity index (χ4n) is 2.34. The number of halogens is 1. The van der Waals surface area contributed by atoms with E-state index in [4.69, 9.17) is 5.73 Å². The maximum absolute atomic E-state index is 12.0. The Labute approximate surface area is 194 Å². The van der Waals surface area contributed by atoms with Crippen molar-refractivity contribution in [3.8, 4) is 0 Å². The van der Waals surface area contributed by atoms with E-state index >= 15 is 0 Å². The lowest BCUT2D eigenvalue weighted by Gasteiger charge is -2.19. The second-order valence-electron chi connectivity index (χ2n) is 7.31. The van der Waals surface area contributed by atoms with Gasteiger partial charge in [-0.1, -0.05) is 6.58 Å². The molecule has 170 valence electrons. The summed E-state index contributed by atoms with van der Waals surface area (Å²) >= 11 is 3.40. The normalized spacial score (nSPS) is 10.7. The Morgan fingerprint density at radius 1 is 1.16 bits per heavy atom. The summed E-state index contributed by atoms with van der Waals surface area (Å²) in [6.07, 6.45) is 3.43. The molecule has 0 saturated heterocycles. The average molecular weight is 504 g/mol. The lowest BCUT2D eigenvalue weighted by atomic mass is 9.91. The minimum atomic E-state index is -1.25. The van der Waals surface area contributed by atoms with Crippen LogP contribution in [0.2, 0.25) is 0 Å². The van der Waals surface area contributed by atoms with E-state index in [0.717, 1.165) is 5.69 Å². The molecular weight excluding hydrogens is 478 g/mol. The second-order valence-corrected chi connectivity index (χ2v) is 8.17. The third-order valence-corrected chi connectivity index (χ3v) is 5.03. The van der Waals surface area contributed by atoms with Crippen LogP contribution < -0.4 is 27.0 Å². The largest absolute Gasteiger partial charge is 0.369 e. The topological polar surface area (TPSA) is 151 Å². The van der Waals surface area contributed by atoms with E-state index in [1.54, 1.807) is 30.5 Å². The van der Waals surface area contributed by atoms with Crippen molar-refractivity contribution < 1.29 is 14.4 Å². The van der Waals surface area contributed by atoms with Gasteiger partial charge in [0.05, 0.1) is 4.47 Å². The summed E-state index contributed by atoms with van der Waals surface area (Å²) in [7, 11) is 0. The zero-order valence-electron chi connectivity index (χ0n) is 17.9. The number of primary amides is 1. The van der Waals surface area contributed by atoms with E-state index in [1.165, 1.54) is 19.9 Å². The average Bonchev–Trinajstić information content (AvgIpc) is 2.76. The SMILES string of the molecule is C=CC(=O)Nc1ccc(Nc2ncc(Br)c(NCCCNC(=O)C(C)(C)C(N)=O)n2)cc1. The molecule has 6 N–H and O–H groups in total. The lowest BCUT2D eigenvalue weighted by Crippen LogP contribution is -2.46. The van der Waals surface area contributed by atoms with Crippen LogP contribution in [0.1, 0.15) is 20.3 Å². The van der Waals surface area contributed by atoms with Gasteiger partial charge in [0.1, 0.15) is 11.2 Å². The van der Waals surface area contributed by atoms with Crippen LogP contribution in [0, 0.1) is 5.41 Å². The van der Waals surface area contributed by atoms with Gasteiger partial charge < -0.3 is 27.0 Å². The molecular formula is C21H26BrN7O3. The van der Waals surface area contributed by atoms with Crippen LogP contribution in [0.4, 0.5) is 23.1 Å². The van der Waals surface area contributed by atoms with Crippen LogP contribution in [0.25, 0.3) is 0 Å². The lowest BCUT2D eigenvalue weighted by molar-refractivity contribution is -0.139. The summed E-state index contributed by atoms with van der Waals surface area (Å²) in [6.45, 7) is 7.30. The molecule has 0 spiro atoms. The van der Waals surface area contributed by atoms with Crippen LogP contribution in [0.3, 0.4) is 0 Å². The molecule has 1 aromatic carbocycles. The van der Waals surface area contributed by atoms with E-state index in [-0.39, 0.29) is 5.91 Å². The van der Waals surface area contributed by atoms with Crippen molar-refractivity contribution >= 4 is 56.8 Å². The molecule has 0 aliphatic carbocycles. The van der Waals surface area contributed by atoms with Crippen molar-refractivity contribution in [3.05, 3.63) is 47.6 Å². The molecule has 0 bridgehead atoms. The van der Waals surface area contributed by atoms with Crippen LogP contribution in [-0.4, -0.2) is 40.8 Å². The van der Waals surface area contributed by atoms with Crippen LogP contribution in [0.15, 0.2) is 47.6 Å². The number of carbonyl (C=O) groups excluding carboxylic acids is 3. The quantitative estimate of drug-likeness (QED) is 0.179. The number of hydrogen-bond acceptors (Lipinski definition) is 7. The van der Waals surface area contributed by atoms with E-state index in [2.05, 4.69) is 53.7 Å². The number of rotatable bonds is 11. The molecule has 0 fully saturated rings. The zero-order valence-corrected chi connectivity index (χ0v) is 19.5. The molecule has 0 aliphatic heterocycles. The molecule has 0 atom stereocenters. The number of benzene rings is 1. The van der Waals surface area contributed by atoms with E-state index in [1.807, 2.05) is 0 Å². The Kier molecular flexibility index (Phi) is 8.71. The number of aromatic nitrogens is 2. The Morgan fingerprint density at radius 3 is 2.44 bits per heavy atom. The van der Waals surface area contributed by atoms with Gasteiger partial charge in [0.25, 0.3) is 0 Å². The van der Waals surface area contributed by atoms with E-state index in [9.17, 15) is 14.4 Å². The predicted molar refractivity (Wildman–Crippen MR) is 127 cm³/mol. The highest BCUT2D eigenvalue weighted by atomic mass is 79.9. The standard InChI is InChI=1S/C21H26BrN7O3/c1-4-16(30)27-13-6-8-14(9-7-13)28-20-26-12-15(22)17(29-20)24-10-5-11-25-19(32)21(2,3)18(23)31/h4,6-9,12H,1,5,10-11H2,2-3H3,(H2,23,31)(H,25,32)(H,27,30)(H2,24,26,28,29). The number of amides is 3. The van der Waals surface area contributed by atoms with Crippen molar-refractivity contribution in [2.24, 2.45) is 11.1 Å². The molecule has 0 unspecified atom stereocenters. The molecule has 32 heavy (non-hydrogen) atoms. The second kappa shape index (κ2) is 11.2. The summed E-state index contributed by atoms with van der Waals surface area (Å²) < 4.78 is 0.685. The van der Waals surface area contributed by atoms with Crippen molar-refractivity contribution in [3.63, 3.8) is 0 Å². The first-order valence-electron chi connectivity index (χ1n) is 9.78. The van der Waals surface area contributed by atoms with Crippen LogP contribution >= 0.6 is 15.9 Å². The molecule has 2 aromatic rings. The van der Waals surface area contributed by atoms with Crippen molar-refractivity contribution in [2.75, 3.05) is 29.0 Å².